The zero-order valence-corrected chi connectivity index (χ0v) is 10.5. The normalized spacial score (nSPS) is 19.9. The van der Waals surface area contributed by atoms with Gasteiger partial charge in [0, 0.05) is 12.1 Å². The number of hydrogen-bond acceptors (Lipinski definition) is 2. The number of piperidine rings is 1. The molecule has 18 heavy (non-hydrogen) atoms. The number of halogens is 2. The molecule has 0 saturated carbocycles. The molecule has 1 aromatic rings. The Labute approximate surface area is 107 Å². The van der Waals surface area contributed by atoms with Crippen LogP contribution in [0.3, 0.4) is 0 Å². The number of aryl methyl sites for hydroxylation is 1. The lowest BCUT2D eigenvalue weighted by atomic mass is 10.1. The van der Waals surface area contributed by atoms with Gasteiger partial charge in [0.15, 0.2) is 0 Å². The van der Waals surface area contributed by atoms with Gasteiger partial charge in [0.1, 0.15) is 0 Å². The van der Waals surface area contributed by atoms with Crippen LogP contribution in [0.15, 0.2) is 24.3 Å². The molecular formula is C14H20F2N2. The molecule has 0 aromatic heterocycles. The van der Waals surface area contributed by atoms with Crippen molar-refractivity contribution in [1.82, 2.24) is 4.90 Å². The van der Waals surface area contributed by atoms with E-state index in [4.69, 9.17) is 5.73 Å². The van der Waals surface area contributed by atoms with E-state index in [2.05, 4.69) is 0 Å². The van der Waals surface area contributed by atoms with Gasteiger partial charge in [-0.25, -0.2) is 8.78 Å². The van der Waals surface area contributed by atoms with Gasteiger partial charge in [-0.3, -0.25) is 4.90 Å². The number of likely N-dealkylation sites (tertiary alicyclic amines) is 1. The maximum atomic E-state index is 13.2. The average molecular weight is 254 g/mol. The van der Waals surface area contributed by atoms with Gasteiger partial charge in [-0.15, -0.1) is 0 Å². The van der Waals surface area contributed by atoms with Crippen LogP contribution in [0.5, 0.6) is 0 Å². The van der Waals surface area contributed by atoms with Gasteiger partial charge >= 0.3 is 0 Å². The molecule has 100 valence electrons. The van der Waals surface area contributed by atoms with Crippen LogP contribution < -0.4 is 5.73 Å². The molecule has 1 saturated heterocycles. The highest BCUT2D eigenvalue weighted by Gasteiger charge is 2.34. The summed E-state index contributed by atoms with van der Waals surface area (Å²) in [6, 6.07) is 7.76. The molecule has 0 radical (unpaired) electrons. The molecule has 2 N–H and O–H groups in total. The molecule has 2 rings (SSSR count). The Hall–Kier alpha value is -1.16. The van der Waals surface area contributed by atoms with E-state index in [-0.39, 0.29) is 13.0 Å². The van der Waals surface area contributed by atoms with Gasteiger partial charge in [0.2, 0.25) is 0 Å². The van der Waals surface area contributed by atoms with Crippen LogP contribution in [0.1, 0.15) is 24.8 Å². The maximum Gasteiger partial charge on any atom is 0.260 e. The summed E-state index contributed by atoms with van der Waals surface area (Å²) in [5.74, 6) is -2.49. The molecule has 1 heterocycles. The quantitative estimate of drug-likeness (QED) is 0.837. The van der Waals surface area contributed by atoms with E-state index < -0.39 is 5.92 Å². The molecule has 0 amide bonds. The fraction of sp³-hybridized carbons (Fsp3) is 0.571. The summed E-state index contributed by atoms with van der Waals surface area (Å²) >= 11 is 0. The van der Waals surface area contributed by atoms with Crippen LogP contribution >= 0.6 is 0 Å². The molecular weight excluding hydrogens is 234 g/mol. The molecule has 4 heteroatoms. The third-order valence-electron chi connectivity index (χ3n) is 3.39. The van der Waals surface area contributed by atoms with Crippen molar-refractivity contribution in [2.75, 3.05) is 25.4 Å². The molecule has 1 aliphatic heterocycles. The zero-order valence-electron chi connectivity index (χ0n) is 10.5. The Kier molecular flexibility index (Phi) is 4.17. The first kappa shape index (κ1) is 13.3. The topological polar surface area (TPSA) is 29.3 Å². The van der Waals surface area contributed by atoms with E-state index in [1.165, 1.54) is 5.56 Å². The Bertz CT molecular complexity index is 376. The summed E-state index contributed by atoms with van der Waals surface area (Å²) in [5, 5.41) is 0. The number of nitrogens with two attached hydrogens (primary N) is 1. The Morgan fingerprint density at radius 2 is 1.94 bits per heavy atom. The number of hydrogen-bond donors (Lipinski definition) is 1. The van der Waals surface area contributed by atoms with Gasteiger partial charge in [0.25, 0.3) is 5.92 Å². The highest BCUT2D eigenvalue weighted by atomic mass is 19.3. The first-order valence-electron chi connectivity index (χ1n) is 6.50. The maximum absolute atomic E-state index is 13.2. The third-order valence-corrected chi connectivity index (χ3v) is 3.39. The summed E-state index contributed by atoms with van der Waals surface area (Å²) in [7, 11) is 0. The van der Waals surface area contributed by atoms with Crippen molar-refractivity contribution in [2.45, 2.75) is 31.6 Å². The molecule has 0 unspecified atom stereocenters. The van der Waals surface area contributed by atoms with Gasteiger partial charge in [-0.2, -0.15) is 0 Å². The van der Waals surface area contributed by atoms with Crippen molar-refractivity contribution < 1.29 is 8.78 Å². The predicted molar refractivity (Wildman–Crippen MR) is 69.8 cm³/mol. The van der Waals surface area contributed by atoms with Crippen LogP contribution in [-0.2, 0) is 6.42 Å². The van der Waals surface area contributed by atoms with Crippen molar-refractivity contribution in [3.05, 3.63) is 29.8 Å². The zero-order chi connectivity index (χ0) is 13.0. The van der Waals surface area contributed by atoms with Crippen LogP contribution in [0.4, 0.5) is 14.5 Å². The number of nitrogen functional groups attached to an aromatic ring is 1. The minimum Gasteiger partial charge on any atom is -0.399 e. The van der Waals surface area contributed by atoms with Crippen molar-refractivity contribution in [3.63, 3.8) is 0 Å². The number of rotatable bonds is 4. The lowest BCUT2D eigenvalue weighted by Crippen LogP contribution is -2.42. The largest absolute Gasteiger partial charge is 0.399 e. The molecule has 1 aliphatic rings. The van der Waals surface area contributed by atoms with E-state index >= 15 is 0 Å². The SMILES string of the molecule is Nc1ccc(CCCN2CCCC(F)(F)C2)cc1. The first-order chi connectivity index (χ1) is 8.55. The minimum atomic E-state index is -2.49. The number of anilines is 1. The second-order valence-electron chi connectivity index (χ2n) is 5.08. The summed E-state index contributed by atoms with van der Waals surface area (Å²) in [6.45, 7) is 1.48. The second-order valence-corrected chi connectivity index (χ2v) is 5.08. The number of benzene rings is 1. The summed E-state index contributed by atoms with van der Waals surface area (Å²) in [4.78, 5) is 1.88. The summed E-state index contributed by atoms with van der Waals surface area (Å²) in [6.07, 6.45) is 2.48. The van der Waals surface area contributed by atoms with Crippen molar-refractivity contribution in [2.24, 2.45) is 0 Å². The van der Waals surface area contributed by atoms with Gasteiger partial charge in [-0.05, 0) is 50.0 Å². The summed E-state index contributed by atoms with van der Waals surface area (Å²) < 4.78 is 26.4. The third kappa shape index (κ3) is 3.95. The highest BCUT2D eigenvalue weighted by molar-refractivity contribution is 5.39. The fourth-order valence-corrected chi connectivity index (χ4v) is 2.43. The average Bonchev–Trinajstić information content (AvgIpc) is 2.30. The second kappa shape index (κ2) is 5.65. The Morgan fingerprint density at radius 1 is 1.22 bits per heavy atom. The van der Waals surface area contributed by atoms with Crippen molar-refractivity contribution in [3.8, 4) is 0 Å². The van der Waals surface area contributed by atoms with E-state index in [0.717, 1.165) is 31.6 Å². The van der Waals surface area contributed by atoms with Crippen LogP contribution in [0, 0.1) is 0 Å². The fourth-order valence-electron chi connectivity index (χ4n) is 2.43. The van der Waals surface area contributed by atoms with Gasteiger partial charge < -0.3 is 5.73 Å². The molecule has 1 fully saturated rings. The predicted octanol–water partition coefficient (Wildman–Crippen LogP) is 2.93. The van der Waals surface area contributed by atoms with Crippen LogP contribution in [-0.4, -0.2) is 30.5 Å². The van der Waals surface area contributed by atoms with Gasteiger partial charge in [0.05, 0.1) is 6.54 Å². The lowest BCUT2D eigenvalue weighted by molar-refractivity contribution is -0.0639. The van der Waals surface area contributed by atoms with E-state index in [1.54, 1.807) is 0 Å². The molecule has 0 atom stereocenters. The van der Waals surface area contributed by atoms with Gasteiger partial charge in [-0.1, -0.05) is 12.1 Å². The lowest BCUT2D eigenvalue weighted by Gasteiger charge is -2.32. The van der Waals surface area contributed by atoms with E-state index in [9.17, 15) is 8.78 Å². The molecule has 2 nitrogen and oxygen atoms in total. The molecule has 0 bridgehead atoms. The molecule has 0 spiro atoms. The van der Waals surface area contributed by atoms with Crippen molar-refractivity contribution >= 4 is 5.69 Å². The Balaban J connectivity index is 1.73. The first-order valence-corrected chi connectivity index (χ1v) is 6.50. The molecule has 0 aliphatic carbocycles. The number of alkyl halides is 2. The standard InChI is InChI=1S/C14H20F2N2/c15-14(16)8-2-10-18(11-14)9-1-3-12-4-6-13(17)7-5-12/h4-7H,1-3,8-11,17H2. The van der Waals surface area contributed by atoms with Crippen LogP contribution in [0.25, 0.3) is 0 Å². The van der Waals surface area contributed by atoms with Crippen molar-refractivity contribution in [1.29, 1.82) is 0 Å². The van der Waals surface area contributed by atoms with E-state index in [1.807, 2.05) is 29.2 Å². The summed E-state index contributed by atoms with van der Waals surface area (Å²) in [5.41, 5.74) is 7.58. The number of nitrogens with zero attached hydrogens (tertiary/aromatic N) is 1. The van der Waals surface area contributed by atoms with E-state index in [0.29, 0.717) is 6.42 Å². The smallest absolute Gasteiger partial charge is 0.260 e. The highest BCUT2D eigenvalue weighted by Crippen LogP contribution is 2.26. The molecule has 1 aromatic carbocycles. The van der Waals surface area contributed by atoms with Crippen LogP contribution in [0.2, 0.25) is 0 Å². The Morgan fingerprint density at radius 3 is 2.61 bits per heavy atom. The monoisotopic (exact) mass is 254 g/mol. The minimum absolute atomic E-state index is 0.0431.